The van der Waals surface area contributed by atoms with Crippen molar-refractivity contribution in [2.45, 2.75) is 6.92 Å². The maximum Gasteiger partial charge on any atom is 0.255 e. The van der Waals surface area contributed by atoms with Crippen molar-refractivity contribution < 1.29 is 19.0 Å². The van der Waals surface area contributed by atoms with E-state index < -0.39 is 0 Å². The Labute approximate surface area is 177 Å². The number of methoxy groups -OCH3 is 3. The lowest BCUT2D eigenvalue weighted by Crippen LogP contribution is -2.12. The van der Waals surface area contributed by atoms with Gasteiger partial charge in [0.15, 0.2) is 16.5 Å². The van der Waals surface area contributed by atoms with Gasteiger partial charge in [-0.25, -0.2) is 4.98 Å². The van der Waals surface area contributed by atoms with Gasteiger partial charge >= 0.3 is 0 Å². The standard InChI is InChI=1S/C22H21N3O4S/c1-13-12-30-22-24-17(11-25(13)22)14-6-5-7-16(8-14)23-21(26)15-9-18(27-2)20(29-4)19(10-15)28-3/h5-12H,1-4H3,(H,23,26). The lowest BCUT2D eigenvalue weighted by Gasteiger charge is -2.14. The molecule has 2 aromatic heterocycles. The van der Waals surface area contributed by atoms with Crippen LogP contribution >= 0.6 is 11.3 Å². The first kappa shape index (κ1) is 19.8. The number of ether oxygens (including phenoxy) is 3. The fourth-order valence-electron chi connectivity index (χ4n) is 3.20. The highest BCUT2D eigenvalue weighted by molar-refractivity contribution is 7.15. The molecule has 0 saturated carbocycles. The van der Waals surface area contributed by atoms with Gasteiger partial charge in [0.05, 0.1) is 27.0 Å². The highest BCUT2D eigenvalue weighted by atomic mass is 32.1. The van der Waals surface area contributed by atoms with E-state index in [1.807, 2.05) is 37.4 Å². The summed E-state index contributed by atoms with van der Waals surface area (Å²) in [4.78, 5) is 18.5. The molecule has 30 heavy (non-hydrogen) atoms. The van der Waals surface area contributed by atoms with Crippen LogP contribution < -0.4 is 19.5 Å². The predicted molar refractivity (Wildman–Crippen MR) is 117 cm³/mol. The van der Waals surface area contributed by atoms with Crippen molar-refractivity contribution >= 4 is 27.9 Å². The average Bonchev–Trinajstić information content (AvgIpc) is 3.34. The monoisotopic (exact) mass is 423 g/mol. The van der Waals surface area contributed by atoms with Crippen molar-refractivity contribution in [3.63, 3.8) is 0 Å². The van der Waals surface area contributed by atoms with Crippen LogP contribution in [-0.2, 0) is 0 Å². The average molecular weight is 423 g/mol. The quantitative estimate of drug-likeness (QED) is 0.489. The second kappa shape index (κ2) is 8.08. The SMILES string of the molecule is COc1cc(C(=O)Nc2cccc(-c3cn4c(C)csc4n3)c2)cc(OC)c1OC. The Morgan fingerprint density at radius 1 is 1.07 bits per heavy atom. The van der Waals surface area contributed by atoms with Crippen molar-refractivity contribution in [1.29, 1.82) is 0 Å². The molecule has 0 radical (unpaired) electrons. The Kier molecular flexibility index (Phi) is 5.33. The summed E-state index contributed by atoms with van der Waals surface area (Å²) >= 11 is 1.60. The van der Waals surface area contributed by atoms with Gasteiger partial charge in [0, 0.05) is 34.1 Å². The number of imidazole rings is 1. The van der Waals surface area contributed by atoms with E-state index in [9.17, 15) is 4.79 Å². The molecule has 0 unspecified atom stereocenters. The second-order valence-corrected chi connectivity index (χ2v) is 7.44. The van der Waals surface area contributed by atoms with Crippen LogP contribution in [0.25, 0.3) is 16.2 Å². The van der Waals surface area contributed by atoms with E-state index in [1.54, 1.807) is 23.5 Å². The molecular formula is C22H21N3O4S. The van der Waals surface area contributed by atoms with Crippen molar-refractivity contribution in [2.24, 2.45) is 0 Å². The van der Waals surface area contributed by atoms with Crippen LogP contribution in [0.3, 0.4) is 0 Å². The molecule has 2 aromatic carbocycles. The minimum Gasteiger partial charge on any atom is -0.493 e. The van der Waals surface area contributed by atoms with Crippen LogP contribution in [0.1, 0.15) is 16.1 Å². The number of carbonyl (C=O) groups is 1. The van der Waals surface area contributed by atoms with Crippen LogP contribution in [0.15, 0.2) is 48.0 Å². The van der Waals surface area contributed by atoms with Gasteiger partial charge in [0.1, 0.15) is 0 Å². The number of aromatic nitrogens is 2. The van der Waals surface area contributed by atoms with E-state index in [4.69, 9.17) is 14.2 Å². The molecule has 4 rings (SSSR count). The first-order valence-electron chi connectivity index (χ1n) is 9.19. The number of carbonyl (C=O) groups excluding carboxylic acids is 1. The maximum absolute atomic E-state index is 12.9. The highest BCUT2D eigenvalue weighted by Gasteiger charge is 2.17. The molecule has 8 heteroatoms. The summed E-state index contributed by atoms with van der Waals surface area (Å²) in [6, 6.07) is 10.8. The fourth-order valence-corrected chi connectivity index (χ4v) is 4.06. The normalized spacial score (nSPS) is 10.8. The summed E-state index contributed by atoms with van der Waals surface area (Å²) in [5, 5.41) is 4.99. The number of fused-ring (bicyclic) bond motifs is 1. The smallest absolute Gasteiger partial charge is 0.255 e. The van der Waals surface area contributed by atoms with Gasteiger partial charge in [-0.2, -0.15) is 0 Å². The number of aryl methyl sites for hydroxylation is 1. The molecule has 154 valence electrons. The topological polar surface area (TPSA) is 74.1 Å². The third kappa shape index (κ3) is 3.57. The predicted octanol–water partition coefficient (Wildman–Crippen LogP) is 4.65. The minimum absolute atomic E-state index is 0.284. The summed E-state index contributed by atoms with van der Waals surface area (Å²) in [5.74, 6) is 0.995. The Hall–Kier alpha value is -3.52. The van der Waals surface area contributed by atoms with Crippen LogP contribution in [0, 0.1) is 6.92 Å². The van der Waals surface area contributed by atoms with Crippen molar-refractivity contribution in [1.82, 2.24) is 9.38 Å². The van der Waals surface area contributed by atoms with E-state index in [0.29, 0.717) is 28.5 Å². The molecule has 0 spiro atoms. The Balaban J connectivity index is 1.62. The van der Waals surface area contributed by atoms with Crippen LogP contribution in [0.4, 0.5) is 5.69 Å². The van der Waals surface area contributed by atoms with E-state index in [-0.39, 0.29) is 5.91 Å². The van der Waals surface area contributed by atoms with Gasteiger partial charge in [0.25, 0.3) is 5.91 Å². The van der Waals surface area contributed by atoms with E-state index in [0.717, 1.165) is 21.9 Å². The lowest BCUT2D eigenvalue weighted by atomic mass is 10.1. The number of thiazole rings is 1. The molecule has 0 aliphatic heterocycles. The number of amides is 1. The summed E-state index contributed by atoms with van der Waals surface area (Å²) in [6.07, 6.45) is 2.00. The zero-order valence-corrected chi connectivity index (χ0v) is 17.9. The summed E-state index contributed by atoms with van der Waals surface area (Å²) < 4.78 is 18.0. The third-order valence-corrected chi connectivity index (χ3v) is 5.69. The minimum atomic E-state index is -0.284. The molecule has 0 bridgehead atoms. The number of anilines is 1. The van der Waals surface area contributed by atoms with Gasteiger partial charge in [-0.15, -0.1) is 11.3 Å². The second-order valence-electron chi connectivity index (χ2n) is 6.60. The summed E-state index contributed by atoms with van der Waals surface area (Å²) in [7, 11) is 4.55. The molecule has 0 aliphatic carbocycles. The number of rotatable bonds is 6. The number of nitrogens with zero attached hydrogens (tertiary/aromatic N) is 2. The van der Waals surface area contributed by atoms with Gasteiger partial charge in [-0.3, -0.25) is 9.20 Å². The Bertz CT molecular complexity index is 1200. The van der Waals surface area contributed by atoms with Gasteiger partial charge in [0.2, 0.25) is 5.75 Å². The van der Waals surface area contributed by atoms with Gasteiger partial charge < -0.3 is 19.5 Å². The Morgan fingerprint density at radius 3 is 2.43 bits per heavy atom. The molecule has 0 saturated heterocycles. The number of hydrogen-bond donors (Lipinski definition) is 1. The highest BCUT2D eigenvalue weighted by Crippen LogP contribution is 2.38. The molecule has 1 amide bonds. The molecule has 0 atom stereocenters. The Morgan fingerprint density at radius 2 is 1.80 bits per heavy atom. The molecule has 7 nitrogen and oxygen atoms in total. The van der Waals surface area contributed by atoms with Gasteiger partial charge in [-0.1, -0.05) is 12.1 Å². The van der Waals surface area contributed by atoms with Crippen molar-refractivity contribution in [2.75, 3.05) is 26.6 Å². The summed E-state index contributed by atoms with van der Waals surface area (Å²) in [6.45, 7) is 2.04. The van der Waals surface area contributed by atoms with Crippen molar-refractivity contribution in [3.8, 4) is 28.5 Å². The van der Waals surface area contributed by atoms with E-state index in [2.05, 4.69) is 20.1 Å². The first-order valence-corrected chi connectivity index (χ1v) is 10.1. The van der Waals surface area contributed by atoms with Gasteiger partial charge in [-0.05, 0) is 31.2 Å². The molecule has 0 aliphatic rings. The molecule has 0 fully saturated rings. The van der Waals surface area contributed by atoms with Crippen LogP contribution in [0.5, 0.6) is 17.2 Å². The lowest BCUT2D eigenvalue weighted by molar-refractivity contribution is 0.102. The maximum atomic E-state index is 12.9. The zero-order valence-electron chi connectivity index (χ0n) is 17.1. The van der Waals surface area contributed by atoms with E-state index in [1.165, 1.54) is 21.3 Å². The fraction of sp³-hybridized carbons (Fsp3) is 0.182. The molecule has 1 N–H and O–H groups in total. The first-order chi connectivity index (χ1) is 14.5. The third-order valence-electron chi connectivity index (χ3n) is 4.73. The number of hydrogen-bond acceptors (Lipinski definition) is 6. The largest absolute Gasteiger partial charge is 0.493 e. The van der Waals surface area contributed by atoms with Crippen LogP contribution in [0.2, 0.25) is 0 Å². The number of benzene rings is 2. The molecule has 4 aromatic rings. The molecule has 2 heterocycles. The summed E-state index contributed by atoms with van der Waals surface area (Å²) in [5.41, 5.74) is 3.98. The van der Waals surface area contributed by atoms with Crippen LogP contribution in [-0.4, -0.2) is 36.6 Å². The number of nitrogens with one attached hydrogen (secondary N) is 1. The van der Waals surface area contributed by atoms with Crippen molar-refractivity contribution in [3.05, 3.63) is 59.2 Å². The van der Waals surface area contributed by atoms with E-state index >= 15 is 0 Å². The zero-order chi connectivity index (χ0) is 21.3. The molecular weight excluding hydrogens is 402 g/mol.